The van der Waals surface area contributed by atoms with Gasteiger partial charge in [0.1, 0.15) is 0 Å². The highest BCUT2D eigenvalue weighted by Crippen LogP contribution is 2.44. The zero-order chi connectivity index (χ0) is 21.3. The van der Waals surface area contributed by atoms with Gasteiger partial charge < -0.3 is 4.90 Å². The van der Waals surface area contributed by atoms with Gasteiger partial charge in [-0.05, 0) is 58.1 Å². The van der Waals surface area contributed by atoms with Gasteiger partial charge in [-0.2, -0.15) is 0 Å². The molecule has 0 bridgehead atoms. The summed E-state index contributed by atoms with van der Waals surface area (Å²) in [6.07, 6.45) is 3.88. The van der Waals surface area contributed by atoms with E-state index in [4.69, 9.17) is 0 Å². The number of hydrogen-bond acceptors (Lipinski definition) is 2. The predicted octanol–water partition coefficient (Wildman–Crippen LogP) is 7.73. The molecule has 0 fully saturated rings. The van der Waals surface area contributed by atoms with Crippen LogP contribution in [0.1, 0.15) is 5.56 Å². The second-order valence-electron chi connectivity index (χ2n) is 8.14. The van der Waals surface area contributed by atoms with Crippen LogP contribution in [0.2, 0.25) is 0 Å². The third-order valence-corrected chi connectivity index (χ3v) is 6.17. The van der Waals surface area contributed by atoms with Gasteiger partial charge in [0.25, 0.3) is 0 Å². The van der Waals surface area contributed by atoms with Crippen molar-refractivity contribution in [2.45, 2.75) is 6.54 Å². The second-order valence-corrected chi connectivity index (χ2v) is 8.14. The Labute approximate surface area is 188 Å². The minimum atomic E-state index is 0.821. The summed E-state index contributed by atoms with van der Waals surface area (Å²) in [6, 6.07) is 38.9. The molecular weight excluding hydrogens is 388 g/mol. The van der Waals surface area contributed by atoms with Crippen LogP contribution >= 0.6 is 0 Å². The van der Waals surface area contributed by atoms with Crippen LogP contribution in [0.4, 0.5) is 11.4 Å². The van der Waals surface area contributed by atoms with E-state index in [0.717, 1.165) is 6.54 Å². The normalized spacial score (nSPS) is 12.2. The van der Waals surface area contributed by atoms with Gasteiger partial charge in [-0.1, -0.05) is 78.9 Å². The van der Waals surface area contributed by atoms with Crippen molar-refractivity contribution in [1.82, 2.24) is 4.98 Å². The average Bonchev–Trinajstić information content (AvgIpc) is 2.89. The molecule has 2 heterocycles. The van der Waals surface area contributed by atoms with Gasteiger partial charge in [0, 0.05) is 41.4 Å². The zero-order valence-corrected chi connectivity index (χ0v) is 17.6. The zero-order valence-electron chi connectivity index (χ0n) is 17.6. The maximum atomic E-state index is 4.38. The summed E-state index contributed by atoms with van der Waals surface area (Å²) in [5.41, 5.74) is 11.1. The molecular formula is C30H22N2. The van der Waals surface area contributed by atoms with Gasteiger partial charge in [0.2, 0.25) is 0 Å². The van der Waals surface area contributed by atoms with E-state index in [1.165, 1.54) is 50.3 Å². The van der Waals surface area contributed by atoms with Crippen molar-refractivity contribution in [2.75, 3.05) is 4.90 Å². The van der Waals surface area contributed by atoms with Crippen molar-refractivity contribution in [1.29, 1.82) is 0 Å². The van der Waals surface area contributed by atoms with Gasteiger partial charge in [-0.25, -0.2) is 0 Å². The Morgan fingerprint density at radius 2 is 1.19 bits per heavy atom. The van der Waals surface area contributed by atoms with E-state index < -0.39 is 0 Å². The molecule has 2 heteroatoms. The minimum absolute atomic E-state index is 0.821. The van der Waals surface area contributed by atoms with Crippen LogP contribution in [0, 0.1) is 0 Å². The highest BCUT2D eigenvalue weighted by atomic mass is 15.1. The lowest BCUT2D eigenvalue weighted by Crippen LogP contribution is -2.21. The van der Waals surface area contributed by atoms with Crippen molar-refractivity contribution in [3.05, 3.63) is 127 Å². The molecule has 0 saturated heterocycles. The van der Waals surface area contributed by atoms with Crippen LogP contribution in [0.3, 0.4) is 0 Å². The number of fused-ring (bicyclic) bond motifs is 3. The summed E-state index contributed by atoms with van der Waals surface area (Å²) < 4.78 is 0. The van der Waals surface area contributed by atoms with E-state index >= 15 is 0 Å². The van der Waals surface area contributed by atoms with Gasteiger partial charge >= 0.3 is 0 Å². The Kier molecular flexibility index (Phi) is 4.54. The highest BCUT2D eigenvalue weighted by Gasteiger charge is 2.23. The molecule has 0 N–H and O–H groups in total. The number of benzene rings is 4. The third kappa shape index (κ3) is 3.27. The molecule has 0 saturated carbocycles. The van der Waals surface area contributed by atoms with E-state index in [1.54, 1.807) is 0 Å². The van der Waals surface area contributed by atoms with Gasteiger partial charge in [-0.3, -0.25) is 4.98 Å². The molecule has 0 atom stereocenters. The monoisotopic (exact) mass is 410 g/mol. The fraction of sp³-hybridized carbons (Fsp3) is 0.0333. The number of rotatable bonds is 3. The molecule has 0 spiro atoms. The number of pyridine rings is 1. The van der Waals surface area contributed by atoms with E-state index in [1.807, 2.05) is 12.4 Å². The average molecular weight is 411 g/mol. The Hall–Kier alpha value is -4.17. The number of hydrogen-bond donors (Lipinski definition) is 0. The number of anilines is 2. The topological polar surface area (TPSA) is 16.1 Å². The SMILES string of the molecule is c1ccc(-c2cc(-c3ccccc3)cc(N3Cc4ccncc4-c4ccccc43)c2)cc1. The first-order chi connectivity index (χ1) is 15.9. The smallest absolute Gasteiger partial charge is 0.0494 e. The molecule has 6 rings (SSSR count). The minimum Gasteiger partial charge on any atom is -0.336 e. The Morgan fingerprint density at radius 1 is 0.562 bits per heavy atom. The highest BCUT2D eigenvalue weighted by molar-refractivity contribution is 5.89. The molecule has 32 heavy (non-hydrogen) atoms. The lowest BCUT2D eigenvalue weighted by atomic mass is 9.93. The van der Waals surface area contributed by atoms with Gasteiger partial charge in [-0.15, -0.1) is 0 Å². The first-order valence-corrected chi connectivity index (χ1v) is 10.9. The molecule has 1 aliphatic rings. The Balaban J connectivity index is 1.56. The molecule has 1 aliphatic heterocycles. The van der Waals surface area contributed by atoms with Gasteiger partial charge in [0.05, 0.1) is 0 Å². The van der Waals surface area contributed by atoms with E-state index in [-0.39, 0.29) is 0 Å². The van der Waals surface area contributed by atoms with E-state index in [2.05, 4.69) is 119 Å². The van der Waals surface area contributed by atoms with E-state index in [0.29, 0.717) is 0 Å². The Morgan fingerprint density at radius 3 is 1.88 bits per heavy atom. The molecule has 1 aromatic heterocycles. The molecule has 4 aromatic carbocycles. The summed E-state index contributed by atoms with van der Waals surface area (Å²) >= 11 is 0. The second kappa shape index (κ2) is 7.82. The van der Waals surface area contributed by atoms with Crippen LogP contribution in [-0.4, -0.2) is 4.98 Å². The van der Waals surface area contributed by atoms with Crippen LogP contribution in [-0.2, 0) is 6.54 Å². The summed E-state index contributed by atoms with van der Waals surface area (Å²) in [7, 11) is 0. The van der Waals surface area contributed by atoms with Crippen molar-refractivity contribution >= 4 is 11.4 Å². The van der Waals surface area contributed by atoms with Crippen molar-refractivity contribution < 1.29 is 0 Å². The first-order valence-electron chi connectivity index (χ1n) is 10.9. The molecule has 0 radical (unpaired) electrons. The number of para-hydroxylation sites is 1. The number of nitrogens with zero attached hydrogens (tertiary/aromatic N) is 2. The fourth-order valence-corrected chi connectivity index (χ4v) is 4.59. The van der Waals surface area contributed by atoms with E-state index in [9.17, 15) is 0 Å². The van der Waals surface area contributed by atoms with Crippen molar-refractivity contribution in [2.24, 2.45) is 0 Å². The molecule has 5 aromatic rings. The van der Waals surface area contributed by atoms with Crippen LogP contribution in [0.15, 0.2) is 122 Å². The third-order valence-electron chi connectivity index (χ3n) is 6.17. The lowest BCUT2D eigenvalue weighted by Gasteiger charge is -2.33. The molecule has 0 amide bonds. The summed E-state index contributed by atoms with van der Waals surface area (Å²) in [5.74, 6) is 0. The Bertz CT molecular complexity index is 1330. The van der Waals surface area contributed by atoms with Gasteiger partial charge in [0.15, 0.2) is 0 Å². The largest absolute Gasteiger partial charge is 0.336 e. The maximum Gasteiger partial charge on any atom is 0.0494 e. The van der Waals surface area contributed by atoms with Crippen molar-refractivity contribution in [3.8, 4) is 33.4 Å². The van der Waals surface area contributed by atoms with Crippen LogP contribution in [0.25, 0.3) is 33.4 Å². The lowest BCUT2D eigenvalue weighted by molar-refractivity contribution is 0.955. The van der Waals surface area contributed by atoms with Crippen LogP contribution in [0.5, 0.6) is 0 Å². The summed E-state index contributed by atoms with van der Waals surface area (Å²) in [5, 5.41) is 0. The summed E-state index contributed by atoms with van der Waals surface area (Å²) in [6.45, 7) is 0.821. The molecule has 152 valence electrons. The molecule has 0 unspecified atom stereocenters. The quantitative estimate of drug-likeness (QED) is 0.302. The number of aromatic nitrogens is 1. The first kappa shape index (κ1) is 18.6. The predicted molar refractivity (Wildman–Crippen MR) is 133 cm³/mol. The molecule has 0 aliphatic carbocycles. The summed E-state index contributed by atoms with van der Waals surface area (Å²) in [4.78, 5) is 6.81. The van der Waals surface area contributed by atoms with Crippen LogP contribution < -0.4 is 4.90 Å². The fourth-order valence-electron chi connectivity index (χ4n) is 4.59. The van der Waals surface area contributed by atoms with Crippen molar-refractivity contribution in [3.63, 3.8) is 0 Å². The molecule has 2 nitrogen and oxygen atoms in total. The maximum absolute atomic E-state index is 4.38. The standard InChI is InChI=1S/C30H22N2/c1-3-9-22(10-4-1)25-17-26(23-11-5-2-6-12-23)19-27(18-25)32-21-24-15-16-31-20-29(24)28-13-7-8-14-30(28)32/h1-20H,21H2.